The number of urea groups is 1. The molecule has 2 amide bonds. The van der Waals surface area contributed by atoms with E-state index < -0.39 is 0 Å². The van der Waals surface area contributed by atoms with Crippen LogP contribution in [-0.4, -0.2) is 61.8 Å². The highest BCUT2D eigenvalue weighted by atomic mass is 16.5. The van der Waals surface area contributed by atoms with E-state index in [4.69, 9.17) is 4.74 Å². The van der Waals surface area contributed by atoms with E-state index in [1.54, 1.807) is 0 Å². The number of hydrogen-bond acceptors (Lipinski definition) is 3. The number of carbonyl (C=O) groups excluding carboxylic acids is 1. The van der Waals surface area contributed by atoms with E-state index >= 15 is 0 Å². The number of hydrogen-bond donors (Lipinski definition) is 1. The van der Waals surface area contributed by atoms with Crippen LogP contribution in [0.4, 0.5) is 10.5 Å². The average Bonchev–Trinajstić information content (AvgIpc) is 2.55. The number of nitrogens with zero attached hydrogens (tertiary/aromatic N) is 2. The lowest BCUT2D eigenvalue weighted by Crippen LogP contribution is -2.45. The molecule has 0 aromatic heterocycles. The summed E-state index contributed by atoms with van der Waals surface area (Å²) in [7, 11) is 0. The van der Waals surface area contributed by atoms with E-state index in [1.165, 1.54) is 11.1 Å². The average molecular weight is 331 g/mol. The Morgan fingerprint density at radius 2 is 1.71 bits per heavy atom. The lowest BCUT2D eigenvalue weighted by atomic mass is 9.96. The highest BCUT2D eigenvalue weighted by Crippen LogP contribution is 2.20. The summed E-state index contributed by atoms with van der Waals surface area (Å²) in [6.07, 6.45) is 2.19. The van der Waals surface area contributed by atoms with Gasteiger partial charge in [-0.3, -0.25) is 4.90 Å². The smallest absolute Gasteiger partial charge is 0.321 e. The maximum atomic E-state index is 12.5. The molecular formula is C19H29N3O2. The third-order valence-electron chi connectivity index (χ3n) is 4.99. The molecule has 0 radical (unpaired) electrons. The highest BCUT2D eigenvalue weighted by molar-refractivity contribution is 5.89. The molecule has 0 spiro atoms. The molecule has 5 nitrogen and oxygen atoms in total. The largest absolute Gasteiger partial charge is 0.379 e. The number of rotatable bonds is 3. The van der Waals surface area contributed by atoms with Crippen LogP contribution in [0.2, 0.25) is 0 Å². The molecule has 1 aromatic carbocycles. The molecule has 1 aromatic rings. The number of nitrogens with one attached hydrogen (secondary N) is 1. The van der Waals surface area contributed by atoms with Crippen molar-refractivity contribution in [1.29, 1.82) is 0 Å². The predicted molar refractivity (Wildman–Crippen MR) is 96.5 cm³/mol. The van der Waals surface area contributed by atoms with E-state index in [0.717, 1.165) is 64.5 Å². The lowest BCUT2D eigenvalue weighted by molar-refractivity contribution is 0.0260. The zero-order valence-electron chi connectivity index (χ0n) is 14.9. The third-order valence-corrected chi connectivity index (χ3v) is 4.99. The zero-order chi connectivity index (χ0) is 16.9. The standard InChI is InChI=1S/C19H29N3O2/c1-15-11-16(2)13-18(12-15)20-19(23)22-5-3-17(4-6-22)14-21-7-9-24-10-8-21/h11-13,17H,3-10,14H2,1-2H3,(H,20,23). The number of anilines is 1. The SMILES string of the molecule is Cc1cc(C)cc(NC(=O)N2CCC(CN3CCOCC3)CC2)c1. The number of morpholine rings is 1. The number of amides is 2. The van der Waals surface area contributed by atoms with Gasteiger partial charge in [-0.2, -0.15) is 0 Å². The highest BCUT2D eigenvalue weighted by Gasteiger charge is 2.25. The molecule has 0 saturated carbocycles. The van der Waals surface area contributed by atoms with E-state index in [1.807, 2.05) is 17.0 Å². The molecule has 2 aliphatic heterocycles. The van der Waals surface area contributed by atoms with Crippen molar-refractivity contribution in [2.45, 2.75) is 26.7 Å². The first-order valence-electron chi connectivity index (χ1n) is 9.04. The molecule has 5 heteroatoms. The van der Waals surface area contributed by atoms with Crippen LogP contribution in [-0.2, 0) is 4.74 Å². The van der Waals surface area contributed by atoms with E-state index in [2.05, 4.69) is 30.1 Å². The predicted octanol–water partition coefficient (Wildman–Crippen LogP) is 2.88. The fourth-order valence-corrected chi connectivity index (χ4v) is 3.72. The quantitative estimate of drug-likeness (QED) is 0.926. The van der Waals surface area contributed by atoms with Crippen molar-refractivity contribution < 1.29 is 9.53 Å². The third kappa shape index (κ3) is 4.71. The molecule has 2 saturated heterocycles. The second-order valence-corrected chi connectivity index (χ2v) is 7.15. The van der Waals surface area contributed by atoms with Crippen molar-refractivity contribution in [2.24, 2.45) is 5.92 Å². The minimum Gasteiger partial charge on any atom is -0.379 e. The number of ether oxygens (including phenoxy) is 1. The summed E-state index contributed by atoms with van der Waals surface area (Å²) in [4.78, 5) is 16.9. The Bertz CT molecular complexity index is 541. The van der Waals surface area contributed by atoms with Gasteiger partial charge in [-0.1, -0.05) is 6.07 Å². The monoisotopic (exact) mass is 331 g/mol. The molecule has 0 atom stereocenters. The molecule has 3 rings (SSSR count). The molecule has 2 aliphatic rings. The summed E-state index contributed by atoms with van der Waals surface area (Å²) in [5, 5.41) is 3.05. The van der Waals surface area contributed by atoms with Gasteiger partial charge in [-0.25, -0.2) is 4.79 Å². The summed E-state index contributed by atoms with van der Waals surface area (Å²) in [6.45, 7) is 10.8. The molecule has 2 fully saturated rings. The summed E-state index contributed by atoms with van der Waals surface area (Å²) in [5.41, 5.74) is 3.25. The zero-order valence-corrected chi connectivity index (χ0v) is 14.9. The Morgan fingerprint density at radius 3 is 2.33 bits per heavy atom. The summed E-state index contributed by atoms with van der Waals surface area (Å²) in [5.74, 6) is 0.702. The van der Waals surface area contributed by atoms with Crippen LogP contribution in [0.15, 0.2) is 18.2 Å². The van der Waals surface area contributed by atoms with Gasteiger partial charge in [0.05, 0.1) is 13.2 Å². The Hall–Kier alpha value is -1.59. The van der Waals surface area contributed by atoms with Gasteiger partial charge in [0.25, 0.3) is 0 Å². The second-order valence-electron chi connectivity index (χ2n) is 7.15. The van der Waals surface area contributed by atoms with E-state index in [-0.39, 0.29) is 6.03 Å². The number of carbonyl (C=O) groups is 1. The van der Waals surface area contributed by atoms with Gasteiger partial charge < -0.3 is 15.0 Å². The van der Waals surface area contributed by atoms with Crippen LogP contribution in [0.3, 0.4) is 0 Å². The van der Waals surface area contributed by atoms with Gasteiger partial charge in [0.2, 0.25) is 0 Å². The molecule has 0 bridgehead atoms. The van der Waals surface area contributed by atoms with Gasteiger partial charge in [0.15, 0.2) is 0 Å². The Morgan fingerprint density at radius 1 is 1.08 bits per heavy atom. The summed E-state index contributed by atoms with van der Waals surface area (Å²) >= 11 is 0. The molecule has 1 N–H and O–H groups in total. The molecule has 2 heterocycles. The van der Waals surface area contributed by atoms with Gasteiger partial charge >= 0.3 is 6.03 Å². The van der Waals surface area contributed by atoms with Gasteiger partial charge in [0.1, 0.15) is 0 Å². The van der Waals surface area contributed by atoms with Crippen LogP contribution in [0.1, 0.15) is 24.0 Å². The minimum atomic E-state index is 0.0322. The van der Waals surface area contributed by atoms with Gasteiger partial charge in [0, 0.05) is 38.4 Å². The fourth-order valence-electron chi connectivity index (χ4n) is 3.72. The van der Waals surface area contributed by atoms with Gasteiger partial charge in [-0.15, -0.1) is 0 Å². The fraction of sp³-hybridized carbons (Fsp3) is 0.632. The Balaban J connectivity index is 1.46. The van der Waals surface area contributed by atoms with E-state index in [0.29, 0.717) is 5.92 Å². The molecule has 0 unspecified atom stereocenters. The minimum absolute atomic E-state index is 0.0322. The Labute approximate surface area is 145 Å². The van der Waals surface area contributed by atoms with Crippen LogP contribution < -0.4 is 5.32 Å². The van der Waals surface area contributed by atoms with Crippen LogP contribution in [0, 0.1) is 19.8 Å². The Kier molecular flexibility index (Phi) is 5.74. The number of piperidine rings is 1. The first-order valence-corrected chi connectivity index (χ1v) is 9.04. The van der Waals surface area contributed by atoms with Gasteiger partial charge in [-0.05, 0) is 55.9 Å². The number of likely N-dealkylation sites (tertiary alicyclic amines) is 1. The number of benzene rings is 1. The summed E-state index contributed by atoms with van der Waals surface area (Å²) < 4.78 is 5.41. The maximum absolute atomic E-state index is 12.5. The van der Waals surface area contributed by atoms with Crippen LogP contribution in [0.25, 0.3) is 0 Å². The molecule has 132 valence electrons. The van der Waals surface area contributed by atoms with Crippen molar-refractivity contribution >= 4 is 11.7 Å². The first-order chi connectivity index (χ1) is 11.6. The molecule has 0 aliphatic carbocycles. The molecule has 24 heavy (non-hydrogen) atoms. The van der Waals surface area contributed by atoms with Crippen molar-refractivity contribution in [3.05, 3.63) is 29.3 Å². The van der Waals surface area contributed by atoms with Crippen LogP contribution >= 0.6 is 0 Å². The summed E-state index contributed by atoms with van der Waals surface area (Å²) in [6, 6.07) is 6.20. The van der Waals surface area contributed by atoms with Crippen LogP contribution in [0.5, 0.6) is 0 Å². The second kappa shape index (κ2) is 7.99. The van der Waals surface area contributed by atoms with Crippen molar-refractivity contribution in [2.75, 3.05) is 51.3 Å². The van der Waals surface area contributed by atoms with E-state index in [9.17, 15) is 4.79 Å². The topological polar surface area (TPSA) is 44.8 Å². The number of aryl methyl sites for hydroxylation is 2. The lowest BCUT2D eigenvalue weighted by Gasteiger charge is -2.36. The van der Waals surface area contributed by atoms with Crippen molar-refractivity contribution in [3.63, 3.8) is 0 Å². The maximum Gasteiger partial charge on any atom is 0.321 e. The normalized spacial score (nSPS) is 20.2. The van der Waals surface area contributed by atoms with Crippen molar-refractivity contribution in [1.82, 2.24) is 9.80 Å². The first kappa shape index (κ1) is 17.2. The van der Waals surface area contributed by atoms with Crippen molar-refractivity contribution in [3.8, 4) is 0 Å². The molecular weight excluding hydrogens is 302 g/mol.